The lowest BCUT2D eigenvalue weighted by Gasteiger charge is -2.22. The minimum Gasteiger partial charge on any atom is -0.356 e. The molecular weight excluding hydrogens is 406 g/mol. The molecule has 0 saturated heterocycles. The minimum absolute atomic E-state index is 0.0676. The second-order valence-corrected chi connectivity index (χ2v) is 7.00. The standard InChI is InChI=1S/C21H16BrN3O2/c22-15-8-10-17(11-9-15)25(14-16-5-3-4-12-23-16)21(26)13-19-18-6-1-2-7-20(18)27-24-19/h1-12H,13-14H2. The van der Waals surface area contributed by atoms with Gasteiger partial charge in [0.2, 0.25) is 5.91 Å². The van der Waals surface area contributed by atoms with E-state index in [1.807, 2.05) is 66.7 Å². The lowest BCUT2D eigenvalue weighted by Crippen LogP contribution is -2.32. The van der Waals surface area contributed by atoms with E-state index in [1.165, 1.54) is 0 Å². The van der Waals surface area contributed by atoms with Crippen LogP contribution >= 0.6 is 15.9 Å². The zero-order valence-electron chi connectivity index (χ0n) is 14.4. The van der Waals surface area contributed by atoms with Gasteiger partial charge in [0, 0.05) is 21.7 Å². The maximum atomic E-state index is 13.1. The van der Waals surface area contributed by atoms with Gasteiger partial charge < -0.3 is 9.42 Å². The molecule has 134 valence electrons. The molecule has 2 aromatic heterocycles. The smallest absolute Gasteiger partial charge is 0.233 e. The number of para-hydroxylation sites is 1. The first-order valence-corrected chi connectivity index (χ1v) is 9.29. The fraction of sp³-hybridized carbons (Fsp3) is 0.0952. The third-order valence-corrected chi connectivity index (χ3v) is 4.79. The molecule has 0 bridgehead atoms. The van der Waals surface area contributed by atoms with Crippen molar-refractivity contribution in [2.24, 2.45) is 0 Å². The highest BCUT2D eigenvalue weighted by Gasteiger charge is 2.20. The first-order valence-electron chi connectivity index (χ1n) is 8.50. The highest BCUT2D eigenvalue weighted by molar-refractivity contribution is 9.10. The molecule has 2 heterocycles. The van der Waals surface area contributed by atoms with Crippen LogP contribution in [0.25, 0.3) is 11.0 Å². The van der Waals surface area contributed by atoms with Crippen LogP contribution in [-0.2, 0) is 17.8 Å². The van der Waals surface area contributed by atoms with Crippen molar-refractivity contribution in [2.75, 3.05) is 4.90 Å². The summed E-state index contributed by atoms with van der Waals surface area (Å²) >= 11 is 3.44. The third-order valence-electron chi connectivity index (χ3n) is 4.26. The first-order chi connectivity index (χ1) is 13.2. The average Bonchev–Trinajstić information content (AvgIpc) is 3.11. The van der Waals surface area contributed by atoms with Crippen LogP contribution in [0.1, 0.15) is 11.4 Å². The summed E-state index contributed by atoms with van der Waals surface area (Å²) in [6, 6.07) is 20.9. The molecule has 0 unspecified atom stereocenters. The van der Waals surface area contributed by atoms with E-state index in [1.54, 1.807) is 11.1 Å². The van der Waals surface area contributed by atoms with Crippen LogP contribution in [0.4, 0.5) is 5.69 Å². The van der Waals surface area contributed by atoms with Crippen LogP contribution in [-0.4, -0.2) is 16.0 Å². The molecule has 1 amide bonds. The fourth-order valence-corrected chi connectivity index (χ4v) is 3.17. The van der Waals surface area contributed by atoms with Gasteiger partial charge in [0.05, 0.1) is 18.7 Å². The molecule has 27 heavy (non-hydrogen) atoms. The van der Waals surface area contributed by atoms with Crippen molar-refractivity contribution in [3.05, 3.63) is 88.8 Å². The molecule has 4 aromatic rings. The van der Waals surface area contributed by atoms with Gasteiger partial charge >= 0.3 is 0 Å². The molecule has 0 saturated carbocycles. The quantitative estimate of drug-likeness (QED) is 0.465. The van der Waals surface area contributed by atoms with Gasteiger partial charge in [-0.2, -0.15) is 0 Å². The molecule has 0 radical (unpaired) electrons. The number of amides is 1. The number of carbonyl (C=O) groups excluding carboxylic acids is 1. The van der Waals surface area contributed by atoms with E-state index in [9.17, 15) is 4.79 Å². The van der Waals surface area contributed by atoms with Crippen molar-refractivity contribution < 1.29 is 9.32 Å². The van der Waals surface area contributed by atoms with Crippen LogP contribution in [0.5, 0.6) is 0 Å². The molecule has 0 fully saturated rings. The Morgan fingerprint density at radius 3 is 2.56 bits per heavy atom. The monoisotopic (exact) mass is 421 g/mol. The Morgan fingerprint density at radius 1 is 1.00 bits per heavy atom. The van der Waals surface area contributed by atoms with Gasteiger partial charge in [-0.05, 0) is 48.5 Å². The topological polar surface area (TPSA) is 59.2 Å². The Bertz CT molecular complexity index is 1060. The molecule has 0 spiro atoms. The van der Waals surface area contributed by atoms with Crippen molar-refractivity contribution in [1.29, 1.82) is 0 Å². The SMILES string of the molecule is O=C(Cc1noc2ccccc12)N(Cc1ccccn1)c1ccc(Br)cc1. The first kappa shape index (κ1) is 17.4. The number of pyridine rings is 1. The molecule has 4 rings (SSSR count). The molecule has 2 aromatic carbocycles. The lowest BCUT2D eigenvalue weighted by atomic mass is 10.1. The van der Waals surface area contributed by atoms with Crippen LogP contribution in [0.3, 0.4) is 0 Å². The van der Waals surface area contributed by atoms with Gasteiger partial charge in [-0.3, -0.25) is 9.78 Å². The largest absolute Gasteiger partial charge is 0.356 e. The number of hydrogen-bond donors (Lipinski definition) is 0. The fourth-order valence-electron chi connectivity index (χ4n) is 2.90. The van der Waals surface area contributed by atoms with Crippen molar-refractivity contribution in [3.8, 4) is 0 Å². The van der Waals surface area contributed by atoms with E-state index in [0.717, 1.165) is 21.2 Å². The highest BCUT2D eigenvalue weighted by atomic mass is 79.9. The van der Waals surface area contributed by atoms with Gasteiger partial charge in [0.15, 0.2) is 5.58 Å². The minimum atomic E-state index is -0.0676. The van der Waals surface area contributed by atoms with E-state index < -0.39 is 0 Å². The lowest BCUT2D eigenvalue weighted by molar-refractivity contribution is -0.118. The summed E-state index contributed by atoms with van der Waals surface area (Å²) in [5.41, 5.74) is 2.94. The molecule has 0 N–H and O–H groups in total. The predicted octanol–water partition coefficient (Wildman–Crippen LogP) is 4.76. The Kier molecular flexibility index (Phi) is 4.98. The average molecular weight is 422 g/mol. The molecule has 5 nitrogen and oxygen atoms in total. The van der Waals surface area contributed by atoms with Crippen LogP contribution in [0.2, 0.25) is 0 Å². The van der Waals surface area contributed by atoms with Crippen LogP contribution in [0, 0.1) is 0 Å². The van der Waals surface area contributed by atoms with Crippen molar-refractivity contribution in [2.45, 2.75) is 13.0 Å². The van der Waals surface area contributed by atoms with Gasteiger partial charge in [-0.1, -0.05) is 39.3 Å². The highest BCUT2D eigenvalue weighted by Crippen LogP contribution is 2.23. The van der Waals surface area contributed by atoms with Gasteiger partial charge in [0.1, 0.15) is 5.69 Å². The molecule has 0 aliphatic rings. The summed E-state index contributed by atoms with van der Waals surface area (Å²) in [6.45, 7) is 0.386. The summed E-state index contributed by atoms with van der Waals surface area (Å²) in [5.74, 6) is -0.0676. The maximum absolute atomic E-state index is 13.1. The van der Waals surface area contributed by atoms with E-state index in [0.29, 0.717) is 17.8 Å². The van der Waals surface area contributed by atoms with Crippen LogP contribution < -0.4 is 4.90 Å². The summed E-state index contributed by atoms with van der Waals surface area (Å²) in [6.07, 6.45) is 1.88. The van der Waals surface area contributed by atoms with Gasteiger partial charge in [-0.15, -0.1) is 0 Å². The second kappa shape index (κ2) is 7.72. The molecule has 0 aliphatic carbocycles. The number of nitrogens with zero attached hydrogens (tertiary/aromatic N) is 3. The van der Waals surface area contributed by atoms with Crippen molar-refractivity contribution in [3.63, 3.8) is 0 Å². The van der Waals surface area contributed by atoms with Crippen molar-refractivity contribution in [1.82, 2.24) is 10.1 Å². The Labute approximate surface area is 164 Å². The third kappa shape index (κ3) is 3.90. The second-order valence-electron chi connectivity index (χ2n) is 6.08. The summed E-state index contributed by atoms with van der Waals surface area (Å²) in [7, 11) is 0. The Balaban J connectivity index is 1.64. The van der Waals surface area contributed by atoms with Gasteiger partial charge in [-0.25, -0.2) is 0 Å². The number of rotatable bonds is 5. The number of anilines is 1. The number of fused-ring (bicyclic) bond motifs is 1. The normalized spacial score (nSPS) is 10.9. The maximum Gasteiger partial charge on any atom is 0.233 e. The van der Waals surface area contributed by atoms with E-state index >= 15 is 0 Å². The predicted molar refractivity (Wildman–Crippen MR) is 107 cm³/mol. The number of hydrogen-bond acceptors (Lipinski definition) is 4. The van der Waals surface area contributed by atoms with E-state index in [2.05, 4.69) is 26.1 Å². The van der Waals surface area contributed by atoms with Crippen LogP contribution in [0.15, 0.2) is 81.9 Å². The molecular formula is C21H16BrN3O2. The number of aromatic nitrogens is 2. The van der Waals surface area contributed by atoms with Crippen molar-refractivity contribution >= 4 is 38.5 Å². The number of benzene rings is 2. The van der Waals surface area contributed by atoms with E-state index in [4.69, 9.17) is 4.52 Å². The summed E-state index contributed by atoms with van der Waals surface area (Å²) < 4.78 is 6.29. The summed E-state index contributed by atoms with van der Waals surface area (Å²) in [5, 5.41) is 4.95. The molecule has 0 atom stereocenters. The Morgan fingerprint density at radius 2 is 1.78 bits per heavy atom. The zero-order valence-corrected chi connectivity index (χ0v) is 16.0. The number of halogens is 1. The number of carbonyl (C=O) groups is 1. The molecule has 6 heteroatoms. The zero-order chi connectivity index (χ0) is 18.6. The van der Waals surface area contributed by atoms with Gasteiger partial charge in [0.25, 0.3) is 0 Å². The van der Waals surface area contributed by atoms with E-state index in [-0.39, 0.29) is 12.3 Å². The Hall–Kier alpha value is -2.99. The summed E-state index contributed by atoms with van der Waals surface area (Å²) in [4.78, 5) is 19.2. The molecule has 0 aliphatic heterocycles.